The van der Waals surface area contributed by atoms with Crippen LogP contribution in [-0.2, 0) is 15.1 Å². The number of nitrogens with two attached hydrogens (primary N) is 1. The zero-order valence-corrected chi connectivity index (χ0v) is 18.9. The van der Waals surface area contributed by atoms with E-state index in [2.05, 4.69) is 26.8 Å². The summed E-state index contributed by atoms with van der Waals surface area (Å²) in [6.07, 6.45) is 8.76. The lowest BCUT2D eigenvalue weighted by atomic mass is 9.91. The van der Waals surface area contributed by atoms with Crippen LogP contribution in [0.5, 0.6) is 5.88 Å². The van der Waals surface area contributed by atoms with Crippen molar-refractivity contribution in [3.8, 4) is 18.2 Å². The Bertz CT molecular complexity index is 1250. The summed E-state index contributed by atoms with van der Waals surface area (Å²) in [5, 5.41) is 0. The van der Waals surface area contributed by atoms with Crippen LogP contribution in [0.3, 0.4) is 0 Å². The maximum Gasteiger partial charge on any atom is 0.233 e. The van der Waals surface area contributed by atoms with Crippen LogP contribution in [0.4, 0.5) is 8.78 Å². The van der Waals surface area contributed by atoms with E-state index in [0.717, 1.165) is 0 Å². The molecule has 2 aromatic rings. The van der Waals surface area contributed by atoms with E-state index in [1.807, 2.05) is 0 Å². The zero-order valence-electron chi connectivity index (χ0n) is 18.1. The van der Waals surface area contributed by atoms with E-state index in [1.165, 1.54) is 36.7 Å². The molecule has 0 spiro atoms. The van der Waals surface area contributed by atoms with Gasteiger partial charge in [-0.25, -0.2) is 18.7 Å². The van der Waals surface area contributed by atoms with E-state index in [-0.39, 0.29) is 35.3 Å². The Balaban J connectivity index is 1.97. The first-order valence-corrected chi connectivity index (χ1v) is 11.6. The summed E-state index contributed by atoms with van der Waals surface area (Å²) in [5.41, 5.74) is 5.36. The molecule has 0 bridgehead atoms. The van der Waals surface area contributed by atoms with Crippen LogP contribution in [0, 0.1) is 18.2 Å². The van der Waals surface area contributed by atoms with Gasteiger partial charge in [-0.05, 0) is 59.9 Å². The molecule has 2 N–H and O–H groups in total. The average Bonchev–Trinajstić information content (AvgIpc) is 2.72. The number of benzene rings is 1. The lowest BCUT2D eigenvalue weighted by molar-refractivity contribution is 0.353. The minimum Gasteiger partial charge on any atom is -0.463 e. The van der Waals surface area contributed by atoms with Crippen LogP contribution >= 0.6 is 0 Å². The summed E-state index contributed by atoms with van der Waals surface area (Å²) in [6, 6.07) is 4.08. The molecule has 1 aromatic heterocycles. The monoisotopic (exact) mass is 458 g/mol. The number of hydrogen-bond donors (Lipinski definition) is 1. The van der Waals surface area contributed by atoms with Crippen molar-refractivity contribution in [3.05, 3.63) is 53.2 Å². The van der Waals surface area contributed by atoms with Gasteiger partial charge in [0.2, 0.25) is 5.88 Å². The molecule has 0 fully saturated rings. The van der Waals surface area contributed by atoms with E-state index in [4.69, 9.17) is 16.9 Å². The normalized spacial score (nSPS) is 25.0. The molecule has 0 radical (unpaired) electrons. The quantitative estimate of drug-likeness (QED) is 0.549. The van der Waals surface area contributed by atoms with Gasteiger partial charge in [-0.1, -0.05) is 12.0 Å². The number of terminal acetylenes is 1. The van der Waals surface area contributed by atoms with Gasteiger partial charge < -0.3 is 10.5 Å². The predicted molar refractivity (Wildman–Crippen MR) is 125 cm³/mol. The molecule has 1 aromatic carbocycles. The molecule has 1 aliphatic heterocycles. The minimum absolute atomic E-state index is 0.00483. The van der Waals surface area contributed by atoms with Gasteiger partial charge in [-0.3, -0.25) is 9.20 Å². The summed E-state index contributed by atoms with van der Waals surface area (Å²) in [4.78, 5) is 12.4. The van der Waals surface area contributed by atoms with Gasteiger partial charge in [0.25, 0.3) is 0 Å². The molecule has 1 unspecified atom stereocenters. The first kappa shape index (κ1) is 23.4. The highest BCUT2D eigenvalue weighted by Gasteiger charge is 2.45. The third kappa shape index (κ3) is 4.36. The molecule has 168 valence electrons. The van der Waals surface area contributed by atoms with Crippen molar-refractivity contribution < 1.29 is 17.7 Å². The Hall–Kier alpha value is -3.25. The average molecular weight is 459 g/mol. The largest absolute Gasteiger partial charge is 0.463 e. The van der Waals surface area contributed by atoms with Crippen molar-refractivity contribution in [1.82, 2.24) is 9.97 Å². The maximum absolute atomic E-state index is 14.8. The number of nitrogens with zero attached hydrogens (tertiary/aromatic N) is 3. The number of hydrogen-bond acceptors (Lipinski definition) is 6. The highest BCUT2D eigenvalue weighted by Crippen LogP contribution is 2.38. The summed E-state index contributed by atoms with van der Waals surface area (Å²) in [6.45, 7) is 5.07. The summed E-state index contributed by atoms with van der Waals surface area (Å²) in [7, 11) is -2.73. The summed E-state index contributed by atoms with van der Waals surface area (Å²) in [5.74, 6) is 5.22. The first-order chi connectivity index (χ1) is 14.9. The molecule has 0 saturated carbocycles. The molecule has 6 nitrogen and oxygen atoms in total. The molecule has 0 amide bonds. The Morgan fingerprint density at radius 2 is 2.09 bits per heavy atom. The molecule has 3 rings (SSSR count). The van der Waals surface area contributed by atoms with Crippen LogP contribution in [-0.4, -0.2) is 43.0 Å². The van der Waals surface area contributed by atoms with Crippen LogP contribution in [0.2, 0.25) is 0 Å². The SMILES string of the molecule is C#CCOc1cnc(/C(F)=C/c2ccc(F)c([C@]3(C)CS(=C)(=O)C(C)(C)C(N)=N3)c2)cn1. The number of halogens is 2. The van der Waals surface area contributed by atoms with Gasteiger partial charge >= 0.3 is 0 Å². The van der Waals surface area contributed by atoms with E-state index in [1.54, 1.807) is 20.8 Å². The van der Waals surface area contributed by atoms with Crippen molar-refractivity contribution in [2.45, 2.75) is 31.1 Å². The predicted octanol–water partition coefficient (Wildman–Crippen LogP) is 3.18. The first-order valence-electron chi connectivity index (χ1n) is 9.66. The number of aliphatic imine (C=N–C) groups is 1. The number of rotatable bonds is 5. The highest BCUT2D eigenvalue weighted by molar-refractivity contribution is 8.02. The van der Waals surface area contributed by atoms with Crippen molar-refractivity contribution in [2.75, 3.05) is 12.4 Å². The fourth-order valence-electron chi connectivity index (χ4n) is 3.29. The molecule has 0 saturated heterocycles. The molecule has 0 aliphatic carbocycles. The van der Waals surface area contributed by atoms with Crippen LogP contribution < -0.4 is 10.5 Å². The smallest absolute Gasteiger partial charge is 0.233 e. The van der Waals surface area contributed by atoms with Gasteiger partial charge in [0.05, 0.1) is 22.7 Å². The molecule has 32 heavy (non-hydrogen) atoms. The lowest BCUT2D eigenvalue weighted by Gasteiger charge is -2.41. The Kier molecular flexibility index (Phi) is 6.11. The van der Waals surface area contributed by atoms with Gasteiger partial charge in [0.15, 0.2) is 12.4 Å². The second kappa shape index (κ2) is 8.36. The van der Waals surface area contributed by atoms with Crippen molar-refractivity contribution in [1.29, 1.82) is 0 Å². The van der Waals surface area contributed by atoms with E-state index >= 15 is 0 Å². The number of amidine groups is 1. The maximum atomic E-state index is 14.8. The molecule has 2 atom stereocenters. The van der Waals surface area contributed by atoms with E-state index in [0.29, 0.717) is 5.56 Å². The van der Waals surface area contributed by atoms with Gasteiger partial charge in [0.1, 0.15) is 17.3 Å². The molecule has 9 heteroatoms. The van der Waals surface area contributed by atoms with Crippen molar-refractivity contribution in [2.24, 2.45) is 10.7 Å². The third-order valence-corrected chi connectivity index (χ3v) is 8.57. The summed E-state index contributed by atoms with van der Waals surface area (Å²) >= 11 is 0. The molecular formula is C23H24F2N4O2S. The van der Waals surface area contributed by atoms with E-state index < -0.39 is 31.5 Å². The van der Waals surface area contributed by atoms with Crippen molar-refractivity contribution >= 4 is 33.1 Å². The van der Waals surface area contributed by atoms with E-state index in [9.17, 15) is 13.0 Å². The third-order valence-electron chi connectivity index (χ3n) is 5.47. The molecule has 2 heterocycles. The van der Waals surface area contributed by atoms with Crippen LogP contribution in [0.15, 0.2) is 35.6 Å². The second-order valence-corrected chi connectivity index (χ2v) is 11.1. The zero-order chi connectivity index (χ0) is 23.7. The number of aromatic nitrogens is 2. The van der Waals surface area contributed by atoms with Crippen LogP contribution in [0.25, 0.3) is 11.9 Å². The Labute approximate surface area is 186 Å². The van der Waals surface area contributed by atoms with Gasteiger partial charge in [0, 0.05) is 11.3 Å². The van der Waals surface area contributed by atoms with Crippen LogP contribution in [0.1, 0.15) is 37.6 Å². The lowest BCUT2D eigenvalue weighted by Crippen LogP contribution is -2.54. The molecular weight excluding hydrogens is 434 g/mol. The summed E-state index contributed by atoms with van der Waals surface area (Å²) < 4.78 is 46.9. The Morgan fingerprint density at radius 1 is 1.38 bits per heavy atom. The highest BCUT2D eigenvalue weighted by atomic mass is 32.2. The standard InChI is InChI=1S/C23H24F2N4O2S/c1-6-9-31-20-13-27-19(12-28-20)18(25)11-15-7-8-17(24)16(10-15)23(4)14-32(5,30)22(2,3)21(26)29-23/h1,7-8,10-13H,5,9,14H2,2-4H3,(H2,26,29)/b18-11-/t23-,32?/m0/s1. The van der Waals surface area contributed by atoms with Gasteiger partial charge in [-0.2, -0.15) is 0 Å². The van der Waals surface area contributed by atoms with Gasteiger partial charge in [-0.15, -0.1) is 6.42 Å². The number of ether oxygens (including phenoxy) is 1. The molecule has 1 aliphatic rings. The fraction of sp³-hybridized carbons (Fsp3) is 0.304. The topological polar surface area (TPSA) is 90.5 Å². The second-order valence-electron chi connectivity index (χ2n) is 8.20. The fourth-order valence-corrected chi connectivity index (χ4v) is 5.21. The minimum atomic E-state index is -2.73. The Morgan fingerprint density at radius 3 is 2.69 bits per heavy atom. The van der Waals surface area contributed by atoms with Crippen molar-refractivity contribution in [3.63, 3.8) is 0 Å².